The number of nitrogen functional groups attached to an aromatic ring is 1. The van der Waals surface area contributed by atoms with E-state index in [1.807, 2.05) is 0 Å². The van der Waals surface area contributed by atoms with Crippen LogP contribution >= 0.6 is 24.0 Å². The molecule has 0 spiro atoms. The largest absolute Gasteiger partial charge is 0.388 e. The van der Waals surface area contributed by atoms with E-state index < -0.39 is 0 Å². The third-order valence-corrected chi connectivity index (χ3v) is 6.64. The number of nitrogens with two attached hydrogens (primary N) is 1. The maximum Gasteiger partial charge on any atom is 0.128 e. The van der Waals surface area contributed by atoms with Crippen LogP contribution in [0.1, 0.15) is 43.0 Å². The molecular formula is C13H18N2S2. The first-order chi connectivity index (χ1) is 8.20. The van der Waals surface area contributed by atoms with E-state index in [1.165, 1.54) is 37.1 Å². The fourth-order valence-electron chi connectivity index (χ4n) is 4.81. The Morgan fingerprint density at radius 3 is 2.12 bits per heavy atom. The van der Waals surface area contributed by atoms with Gasteiger partial charge >= 0.3 is 0 Å². The number of hydrogen-bond donors (Lipinski definition) is 2. The summed E-state index contributed by atoms with van der Waals surface area (Å²) in [5, 5.41) is 2.83. The van der Waals surface area contributed by atoms with Crippen molar-refractivity contribution >= 4 is 29.0 Å². The van der Waals surface area contributed by atoms with E-state index >= 15 is 0 Å². The average molecular weight is 266 g/mol. The summed E-state index contributed by atoms with van der Waals surface area (Å²) in [6.45, 7) is 0. The molecule has 0 amide bonds. The SMILES string of the molecule is Nc1sc(C2C3CC4CC(C3)CC2C4)nc1S. The van der Waals surface area contributed by atoms with E-state index in [4.69, 9.17) is 5.73 Å². The second kappa shape index (κ2) is 3.64. The molecular weight excluding hydrogens is 248 g/mol. The van der Waals surface area contributed by atoms with Crippen LogP contribution in [-0.2, 0) is 0 Å². The molecule has 17 heavy (non-hydrogen) atoms. The van der Waals surface area contributed by atoms with Crippen molar-refractivity contribution < 1.29 is 0 Å². The summed E-state index contributed by atoms with van der Waals surface area (Å²) in [6, 6.07) is 0. The zero-order valence-electron chi connectivity index (χ0n) is 9.80. The first-order valence-electron chi connectivity index (χ1n) is 6.66. The van der Waals surface area contributed by atoms with Gasteiger partial charge in [-0.15, -0.1) is 24.0 Å². The van der Waals surface area contributed by atoms with Crippen molar-refractivity contribution in [2.75, 3.05) is 5.73 Å². The van der Waals surface area contributed by atoms with Gasteiger partial charge in [0.1, 0.15) is 10.0 Å². The van der Waals surface area contributed by atoms with Crippen LogP contribution in [0.2, 0.25) is 0 Å². The molecule has 4 fully saturated rings. The Hall–Kier alpha value is -0.220. The summed E-state index contributed by atoms with van der Waals surface area (Å²) in [7, 11) is 0. The Labute approximate surface area is 111 Å². The average Bonchev–Trinajstić information content (AvgIpc) is 2.57. The molecule has 4 bridgehead atoms. The summed E-state index contributed by atoms with van der Waals surface area (Å²) in [6.07, 6.45) is 7.29. The van der Waals surface area contributed by atoms with Crippen molar-refractivity contribution in [3.63, 3.8) is 0 Å². The Morgan fingerprint density at radius 2 is 1.65 bits per heavy atom. The quantitative estimate of drug-likeness (QED) is 0.763. The van der Waals surface area contributed by atoms with E-state index in [0.717, 1.165) is 33.7 Å². The molecule has 92 valence electrons. The highest BCUT2D eigenvalue weighted by atomic mass is 32.1. The molecule has 0 unspecified atom stereocenters. The van der Waals surface area contributed by atoms with E-state index in [0.29, 0.717) is 5.92 Å². The minimum Gasteiger partial charge on any atom is -0.388 e. The molecule has 4 aliphatic carbocycles. The number of anilines is 1. The number of nitrogens with zero attached hydrogens (tertiary/aromatic N) is 1. The van der Waals surface area contributed by atoms with Crippen LogP contribution in [-0.4, -0.2) is 4.98 Å². The highest BCUT2D eigenvalue weighted by molar-refractivity contribution is 7.80. The minimum atomic E-state index is 0.705. The van der Waals surface area contributed by atoms with Crippen LogP contribution in [0.4, 0.5) is 5.00 Å². The zero-order valence-corrected chi connectivity index (χ0v) is 11.5. The van der Waals surface area contributed by atoms with E-state index in [1.54, 1.807) is 11.3 Å². The Morgan fingerprint density at radius 1 is 1.06 bits per heavy atom. The van der Waals surface area contributed by atoms with Gasteiger partial charge in [-0.25, -0.2) is 4.98 Å². The molecule has 1 aromatic heterocycles. The number of thiol groups is 1. The standard InChI is InChI=1S/C13H18N2S2/c14-11-12(16)15-13(17-11)10-8-2-6-1-7(4-8)5-9(10)3-6/h6-10,16H,1-5,14H2. The van der Waals surface area contributed by atoms with Gasteiger partial charge in [0.05, 0.1) is 5.01 Å². The normalized spacial score (nSPS) is 43.2. The molecule has 2 N–H and O–H groups in total. The lowest BCUT2D eigenvalue weighted by atomic mass is 9.52. The number of hydrogen-bond acceptors (Lipinski definition) is 4. The molecule has 4 heteroatoms. The molecule has 0 saturated heterocycles. The van der Waals surface area contributed by atoms with Crippen molar-refractivity contribution in [3.05, 3.63) is 5.01 Å². The van der Waals surface area contributed by atoms with Crippen molar-refractivity contribution in [1.82, 2.24) is 4.98 Å². The third kappa shape index (κ3) is 1.56. The highest BCUT2D eigenvalue weighted by Gasteiger charge is 2.49. The number of rotatable bonds is 1. The minimum absolute atomic E-state index is 0.705. The van der Waals surface area contributed by atoms with E-state index in [-0.39, 0.29) is 0 Å². The third-order valence-electron chi connectivity index (χ3n) is 5.16. The van der Waals surface area contributed by atoms with Gasteiger partial charge in [0.25, 0.3) is 0 Å². The lowest BCUT2D eigenvalue weighted by Gasteiger charge is -2.53. The van der Waals surface area contributed by atoms with Crippen LogP contribution < -0.4 is 5.73 Å². The molecule has 0 radical (unpaired) electrons. The van der Waals surface area contributed by atoms with E-state index in [2.05, 4.69) is 17.6 Å². The summed E-state index contributed by atoms with van der Waals surface area (Å²) >= 11 is 6.03. The van der Waals surface area contributed by atoms with Crippen LogP contribution in [0.3, 0.4) is 0 Å². The predicted molar refractivity (Wildman–Crippen MR) is 73.6 cm³/mol. The monoisotopic (exact) mass is 266 g/mol. The molecule has 0 atom stereocenters. The van der Waals surface area contributed by atoms with Crippen LogP contribution in [0.15, 0.2) is 5.03 Å². The Kier molecular flexibility index (Phi) is 2.29. The fraction of sp³-hybridized carbons (Fsp3) is 0.769. The molecule has 5 rings (SSSR count). The summed E-state index contributed by atoms with van der Waals surface area (Å²) in [5.41, 5.74) is 5.91. The Balaban J connectivity index is 1.70. The van der Waals surface area contributed by atoms with Crippen LogP contribution in [0, 0.1) is 23.7 Å². The maximum atomic E-state index is 5.91. The molecule has 4 aliphatic rings. The van der Waals surface area contributed by atoms with Crippen molar-refractivity contribution in [2.45, 2.75) is 43.0 Å². The van der Waals surface area contributed by atoms with Gasteiger partial charge in [-0.2, -0.15) is 0 Å². The van der Waals surface area contributed by atoms with Gasteiger partial charge in [0.2, 0.25) is 0 Å². The lowest BCUT2D eigenvalue weighted by Crippen LogP contribution is -2.43. The molecule has 0 aromatic carbocycles. The predicted octanol–water partition coefficient (Wildman–Crippen LogP) is 3.55. The summed E-state index contributed by atoms with van der Waals surface area (Å²) in [4.78, 5) is 4.61. The van der Waals surface area contributed by atoms with E-state index in [9.17, 15) is 0 Å². The van der Waals surface area contributed by atoms with Gasteiger partial charge in [-0.05, 0) is 55.8 Å². The number of aromatic nitrogens is 1. The van der Waals surface area contributed by atoms with Crippen LogP contribution in [0.25, 0.3) is 0 Å². The molecule has 0 aliphatic heterocycles. The molecule has 1 aromatic rings. The van der Waals surface area contributed by atoms with Crippen molar-refractivity contribution in [2.24, 2.45) is 23.7 Å². The van der Waals surface area contributed by atoms with Crippen molar-refractivity contribution in [1.29, 1.82) is 0 Å². The topological polar surface area (TPSA) is 38.9 Å². The fourth-order valence-corrected chi connectivity index (χ4v) is 6.14. The van der Waals surface area contributed by atoms with Gasteiger partial charge in [-0.3, -0.25) is 0 Å². The Bertz CT molecular complexity index is 407. The second-order valence-corrected chi connectivity index (χ2v) is 7.68. The van der Waals surface area contributed by atoms with Gasteiger partial charge in [0.15, 0.2) is 0 Å². The molecule has 2 nitrogen and oxygen atoms in total. The molecule has 4 saturated carbocycles. The van der Waals surface area contributed by atoms with Crippen LogP contribution in [0.5, 0.6) is 0 Å². The first-order valence-corrected chi connectivity index (χ1v) is 7.92. The highest BCUT2D eigenvalue weighted by Crippen LogP contribution is 2.60. The maximum absolute atomic E-state index is 5.91. The summed E-state index contributed by atoms with van der Waals surface area (Å²) in [5.74, 6) is 4.55. The number of thiazole rings is 1. The smallest absolute Gasteiger partial charge is 0.128 e. The lowest BCUT2D eigenvalue weighted by molar-refractivity contribution is -0.00295. The first kappa shape index (κ1) is 10.7. The summed E-state index contributed by atoms with van der Waals surface area (Å²) < 4.78 is 0. The van der Waals surface area contributed by atoms with Gasteiger partial charge in [-0.1, -0.05) is 0 Å². The second-order valence-electron chi connectivity index (χ2n) is 6.20. The van der Waals surface area contributed by atoms with Gasteiger partial charge < -0.3 is 5.73 Å². The van der Waals surface area contributed by atoms with Crippen molar-refractivity contribution in [3.8, 4) is 0 Å². The van der Waals surface area contributed by atoms with Gasteiger partial charge in [0, 0.05) is 5.92 Å². The zero-order chi connectivity index (χ0) is 11.6. The molecule has 1 heterocycles.